The maximum absolute atomic E-state index is 13.7. The summed E-state index contributed by atoms with van der Waals surface area (Å²) in [7, 11) is 0. The molecule has 4 heteroatoms. The zero-order valence-electron chi connectivity index (χ0n) is 11.2. The minimum Gasteiger partial charge on any atom is -0.369 e. The van der Waals surface area contributed by atoms with Crippen LogP contribution in [0.4, 0.5) is 10.1 Å². The second-order valence-corrected chi connectivity index (χ2v) is 4.90. The zero-order valence-corrected chi connectivity index (χ0v) is 11.2. The van der Waals surface area contributed by atoms with Crippen molar-refractivity contribution >= 4 is 5.69 Å². The molecule has 100 valence electrons. The van der Waals surface area contributed by atoms with Crippen LogP contribution in [0, 0.1) is 5.82 Å². The highest BCUT2D eigenvalue weighted by Crippen LogP contribution is 2.21. The van der Waals surface area contributed by atoms with Crippen LogP contribution in [0.5, 0.6) is 0 Å². The smallest absolute Gasteiger partial charge is 0.129 e. The standard InChI is InChI=1S/C14H22FN3/c1-3-17-6-7-18(10-11(17)2)13-5-4-12(9-16)14(15)8-13/h4-5,8,11H,3,6-7,9-10,16H2,1-2H3. The molecule has 0 spiro atoms. The first-order chi connectivity index (χ1) is 8.65. The first kappa shape index (κ1) is 13.3. The minimum absolute atomic E-state index is 0.194. The Kier molecular flexibility index (Phi) is 4.19. The third-order valence-electron chi connectivity index (χ3n) is 3.79. The Morgan fingerprint density at radius 3 is 2.72 bits per heavy atom. The molecule has 1 saturated heterocycles. The highest BCUT2D eigenvalue weighted by atomic mass is 19.1. The maximum Gasteiger partial charge on any atom is 0.129 e. The lowest BCUT2D eigenvalue weighted by Crippen LogP contribution is -2.51. The summed E-state index contributed by atoms with van der Waals surface area (Å²) in [6.45, 7) is 8.69. The number of nitrogens with two attached hydrogens (primary N) is 1. The predicted molar refractivity (Wildman–Crippen MR) is 73.2 cm³/mol. The Hall–Kier alpha value is -1.13. The fourth-order valence-corrected chi connectivity index (χ4v) is 2.60. The van der Waals surface area contributed by atoms with Crippen molar-refractivity contribution in [2.75, 3.05) is 31.1 Å². The number of rotatable bonds is 3. The second-order valence-electron chi connectivity index (χ2n) is 4.90. The van der Waals surface area contributed by atoms with E-state index >= 15 is 0 Å². The fraction of sp³-hybridized carbons (Fsp3) is 0.571. The van der Waals surface area contributed by atoms with Gasteiger partial charge in [0.25, 0.3) is 0 Å². The number of hydrogen-bond donors (Lipinski definition) is 1. The van der Waals surface area contributed by atoms with E-state index in [4.69, 9.17) is 5.73 Å². The molecule has 1 fully saturated rings. The highest BCUT2D eigenvalue weighted by Gasteiger charge is 2.22. The number of nitrogens with zero attached hydrogens (tertiary/aromatic N) is 2. The van der Waals surface area contributed by atoms with Crippen LogP contribution < -0.4 is 10.6 Å². The number of halogens is 1. The first-order valence-electron chi connectivity index (χ1n) is 6.63. The molecule has 1 heterocycles. The van der Waals surface area contributed by atoms with Crippen molar-refractivity contribution in [1.82, 2.24) is 4.90 Å². The third-order valence-corrected chi connectivity index (χ3v) is 3.79. The number of benzene rings is 1. The highest BCUT2D eigenvalue weighted by molar-refractivity contribution is 5.49. The Balaban J connectivity index is 2.11. The van der Waals surface area contributed by atoms with Crippen molar-refractivity contribution < 1.29 is 4.39 Å². The lowest BCUT2D eigenvalue weighted by molar-refractivity contribution is 0.199. The summed E-state index contributed by atoms with van der Waals surface area (Å²) in [6.07, 6.45) is 0. The molecule has 0 radical (unpaired) electrons. The van der Waals surface area contributed by atoms with Crippen molar-refractivity contribution in [2.45, 2.75) is 26.4 Å². The largest absolute Gasteiger partial charge is 0.369 e. The van der Waals surface area contributed by atoms with Crippen LogP contribution in [-0.2, 0) is 6.54 Å². The molecule has 1 atom stereocenters. The lowest BCUT2D eigenvalue weighted by atomic mass is 10.1. The molecule has 0 aromatic heterocycles. The summed E-state index contributed by atoms with van der Waals surface area (Å²) in [5.74, 6) is -0.194. The molecule has 1 aliphatic heterocycles. The number of likely N-dealkylation sites (N-methyl/N-ethyl adjacent to an activating group) is 1. The van der Waals surface area contributed by atoms with Crippen molar-refractivity contribution in [3.8, 4) is 0 Å². The van der Waals surface area contributed by atoms with Gasteiger partial charge in [0, 0.05) is 43.5 Å². The molecule has 2 rings (SSSR count). The normalized spacial score (nSPS) is 21.3. The van der Waals surface area contributed by atoms with Crippen LogP contribution in [0.3, 0.4) is 0 Å². The Morgan fingerprint density at radius 1 is 1.39 bits per heavy atom. The summed E-state index contributed by atoms with van der Waals surface area (Å²) in [6, 6.07) is 5.89. The molecular formula is C14H22FN3. The third kappa shape index (κ3) is 2.65. The summed E-state index contributed by atoms with van der Waals surface area (Å²) in [5, 5.41) is 0. The molecule has 2 N–H and O–H groups in total. The molecule has 1 aromatic carbocycles. The van der Waals surface area contributed by atoms with Crippen molar-refractivity contribution in [2.24, 2.45) is 5.73 Å². The van der Waals surface area contributed by atoms with Crippen molar-refractivity contribution in [1.29, 1.82) is 0 Å². The van der Waals surface area contributed by atoms with E-state index in [-0.39, 0.29) is 12.4 Å². The number of hydrogen-bond acceptors (Lipinski definition) is 3. The quantitative estimate of drug-likeness (QED) is 0.889. The summed E-state index contributed by atoms with van der Waals surface area (Å²) >= 11 is 0. The molecule has 0 amide bonds. The fourth-order valence-electron chi connectivity index (χ4n) is 2.60. The van der Waals surface area contributed by atoms with Crippen LogP contribution in [0.1, 0.15) is 19.4 Å². The van der Waals surface area contributed by atoms with Gasteiger partial charge in [0.1, 0.15) is 5.82 Å². The Labute approximate surface area is 108 Å². The van der Waals surface area contributed by atoms with Gasteiger partial charge in [0.2, 0.25) is 0 Å². The lowest BCUT2D eigenvalue weighted by Gasteiger charge is -2.40. The molecule has 1 aromatic rings. The molecule has 18 heavy (non-hydrogen) atoms. The Bertz CT molecular complexity index is 408. The molecule has 0 saturated carbocycles. The van der Waals surface area contributed by atoms with Gasteiger partial charge in [-0.15, -0.1) is 0 Å². The average Bonchev–Trinajstić information content (AvgIpc) is 2.38. The molecule has 1 aliphatic rings. The van der Waals surface area contributed by atoms with E-state index in [1.807, 2.05) is 6.07 Å². The van der Waals surface area contributed by atoms with E-state index in [1.165, 1.54) is 0 Å². The summed E-state index contributed by atoms with van der Waals surface area (Å²) in [5.41, 5.74) is 7.02. The molecule has 0 aliphatic carbocycles. The van der Waals surface area contributed by atoms with Crippen LogP contribution in [-0.4, -0.2) is 37.1 Å². The molecule has 1 unspecified atom stereocenters. The van der Waals surface area contributed by atoms with Gasteiger partial charge in [0.15, 0.2) is 0 Å². The monoisotopic (exact) mass is 251 g/mol. The van der Waals surface area contributed by atoms with E-state index < -0.39 is 0 Å². The first-order valence-corrected chi connectivity index (χ1v) is 6.63. The second kappa shape index (κ2) is 5.67. The minimum atomic E-state index is -0.194. The number of anilines is 1. The van der Waals surface area contributed by atoms with Gasteiger partial charge in [-0.1, -0.05) is 13.0 Å². The van der Waals surface area contributed by atoms with Crippen LogP contribution in [0.15, 0.2) is 18.2 Å². The van der Waals surface area contributed by atoms with Crippen LogP contribution >= 0.6 is 0 Å². The van der Waals surface area contributed by atoms with E-state index in [0.29, 0.717) is 11.6 Å². The predicted octanol–water partition coefficient (Wildman–Crippen LogP) is 1.81. The van der Waals surface area contributed by atoms with Gasteiger partial charge < -0.3 is 10.6 Å². The SMILES string of the molecule is CCN1CCN(c2ccc(CN)c(F)c2)CC1C. The van der Waals surface area contributed by atoms with Gasteiger partial charge >= 0.3 is 0 Å². The van der Waals surface area contributed by atoms with E-state index in [2.05, 4.69) is 23.6 Å². The summed E-state index contributed by atoms with van der Waals surface area (Å²) in [4.78, 5) is 4.70. The van der Waals surface area contributed by atoms with Gasteiger partial charge in [-0.2, -0.15) is 0 Å². The van der Waals surface area contributed by atoms with Gasteiger partial charge in [0.05, 0.1) is 0 Å². The summed E-state index contributed by atoms with van der Waals surface area (Å²) < 4.78 is 13.7. The van der Waals surface area contributed by atoms with Crippen LogP contribution in [0.2, 0.25) is 0 Å². The topological polar surface area (TPSA) is 32.5 Å². The Morgan fingerprint density at radius 2 is 2.17 bits per heavy atom. The van der Waals surface area contributed by atoms with Gasteiger partial charge in [-0.05, 0) is 25.6 Å². The average molecular weight is 251 g/mol. The van der Waals surface area contributed by atoms with Crippen LogP contribution in [0.25, 0.3) is 0 Å². The van der Waals surface area contributed by atoms with E-state index in [9.17, 15) is 4.39 Å². The van der Waals surface area contributed by atoms with Gasteiger partial charge in [-0.25, -0.2) is 4.39 Å². The zero-order chi connectivity index (χ0) is 13.1. The maximum atomic E-state index is 13.7. The van der Waals surface area contributed by atoms with E-state index in [1.54, 1.807) is 12.1 Å². The van der Waals surface area contributed by atoms with Gasteiger partial charge in [-0.3, -0.25) is 4.90 Å². The van der Waals surface area contributed by atoms with Crippen molar-refractivity contribution in [3.05, 3.63) is 29.6 Å². The molecule has 0 bridgehead atoms. The van der Waals surface area contributed by atoms with Crippen molar-refractivity contribution in [3.63, 3.8) is 0 Å². The van der Waals surface area contributed by atoms with E-state index in [0.717, 1.165) is 31.9 Å². The number of piperazine rings is 1. The molecular weight excluding hydrogens is 229 g/mol. The molecule has 3 nitrogen and oxygen atoms in total.